The van der Waals surface area contributed by atoms with Crippen LogP contribution in [0, 0.1) is 11.8 Å². The Morgan fingerprint density at radius 2 is 1.78 bits per heavy atom. The minimum atomic E-state index is -4.34. The zero-order valence-electron chi connectivity index (χ0n) is 5.27. The maximum Gasteiger partial charge on any atom is 0.360 e. The molecule has 5 heteroatoms. The van der Waals surface area contributed by atoms with Crippen LogP contribution in [0.4, 0.5) is 0 Å². The summed E-state index contributed by atoms with van der Waals surface area (Å²) < 4.78 is 10.2. The van der Waals surface area contributed by atoms with Gasteiger partial charge in [0.25, 0.3) is 0 Å². The Bertz CT molecular complexity index is 127. The molecular weight excluding hydrogens is 143 g/mol. The van der Waals surface area contributed by atoms with E-state index in [1.807, 2.05) is 0 Å². The number of aliphatic hydroxyl groups excluding tert-OH is 1. The molecule has 0 heterocycles. The normalized spacial score (nSPS) is 13.2. The molecule has 0 aromatic rings. The molecule has 0 saturated heterocycles. The first-order chi connectivity index (χ1) is 3.85. The standard InChI is InChI=1S/C4H10O4P/c1-3(2)4(5)9(6,7)8/h3,5H,1-2H3,(H2,6,7,8). The summed E-state index contributed by atoms with van der Waals surface area (Å²) in [5.74, 6) is -1.23. The van der Waals surface area contributed by atoms with E-state index in [1.165, 1.54) is 13.8 Å². The fourth-order valence-electron chi connectivity index (χ4n) is 0.336. The SMILES string of the molecule is CC(C)[C](O)P(=O)(O)O. The van der Waals surface area contributed by atoms with Crippen molar-refractivity contribution in [1.29, 1.82) is 0 Å². The quantitative estimate of drug-likeness (QED) is 0.510. The molecule has 3 N–H and O–H groups in total. The molecule has 0 aliphatic heterocycles. The lowest BCUT2D eigenvalue weighted by Crippen LogP contribution is -2.04. The Labute approximate surface area is 53.7 Å². The van der Waals surface area contributed by atoms with Crippen molar-refractivity contribution in [2.24, 2.45) is 5.92 Å². The molecule has 0 spiro atoms. The van der Waals surface area contributed by atoms with Crippen molar-refractivity contribution in [2.75, 3.05) is 0 Å². The maximum absolute atomic E-state index is 10.2. The highest BCUT2D eigenvalue weighted by molar-refractivity contribution is 7.54. The highest BCUT2D eigenvalue weighted by Gasteiger charge is 2.30. The van der Waals surface area contributed by atoms with Crippen LogP contribution in [0.3, 0.4) is 0 Å². The number of aliphatic hydroxyl groups is 1. The van der Waals surface area contributed by atoms with Gasteiger partial charge in [0.05, 0.1) is 0 Å². The molecule has 0 aliphatic rings. The van der Waals surface area contributed by atoms with E-state index in [4.69, 9.17) is 14.9 Å². The minimum absolute atomic E-state index is 0.481. The molecule has 0 amide bonds. The predicted molar refractivity (Wildman–Crippen MR) is 32.1 cm³/mol. The van der Waals surface area contributed by atoms with E-state index < -0.39 is 19.4 Å². The Balaban J connectivity index is 4.05. The molecular formula is C4H10O4P. The van der Waals surface area contributed by atoms with Crippen molar-refractivity contribution < 1.29 is 19.5 Å². The van der Waals surface area contributed by atoms with Crippen LogP contribution in [0.15, 0.2) is 0 Å². The van der Waals surface area contributed by atoms with Crippen molar-refractivity contribution in [3.05, 3.63) is 5.85 Å². The van der Waals surface area contributed by atoms with Crippen LogP contribution in [0.2, 0.25) is 0 Å². The number of hydrogen-bond acceptors (Lipinski definition) is 2. The van der Waals surface area contributed by atoms with Crippen LogP contribution in [-0.4, -0.2) is 14.9 Å². The van der Waals surface area contributed by atoms with Gasteiger partial charge in [-0.25, -0.2) is 0 Å². The van der Waals surface area contributed by atoms with Crippen molar-refractivity contribution in [3.63, 3.8) is 0 Å². The molecule has 0 unspecified atom stereocenters. The maximum atomic E-state index is 10.2. The molecule has 0 aromatic carbocycles. The van der Waals surface area contributed by atoms with Gasteiger partial charge < -0.3 is 14.9 Å². The average molecular weight is 153 g/mol. The molecule has 0 rings (SSSR count). The van der Waals surface area contributed by atoms with Gasteiger partial charge >= 0.3 is 7.60 Å². The highest BCUT2D eigenvalue weighted by Crippen LogP contribution is 2.48. The Kier molecular flexibility index (Phi) is 2.83. The monoisotopic (exact) mass is 153 g/mol. The van der Waals surface area contributed by atoms with E-state index in [2.05, 4.69) is 0 Å². The van der Waals surface area contributed by atoms with Crippen molar-refractivity contribution >= 4 is 7.60 Å². The van der Waals surface area contributed by atoms with E-state index in [9.17, 15) is 4.57 Å². The van der Waals surface area contributed by atoms with E-state index in [0.717, 1.165) is 0 Å². The van der Waals surface area contributed by atoms with Crippen LogP contribution in [-0.2, 0) is 4.57 Å². The predicted octanol–water partition coefficient (Wildman–Crippen LogP) is 0.682. The first-order valence-electron chi connectivity index (χ1n) is 2.47. The van der Waals surface area contributed by atoms with Crippen LogP contribution < -0.4 is 0 Å². The first-order valence-corrected chi connectivity index (χ1v) is 4.09. The summed E-state index contributed by atoms with van der Waals surface area (Å²) in [4.78, 5) is 16.6. The second-order valence-electron chi connectivity index (χ2n) is 2.06. The highest BCUT2D eigenvalue weighted by atomic mass is 31.2. The van der Waals surface area contributed by atoms with Gasteiger partial charge in [-0.3, -0.25) is 4.57 Å². The fraction of sp³-hybridized carbons (Fsp3) is 0.750. The lowest BCUT2D eigenvalue weighted by atomic mass is 10.2. The van der Waals surface area contributed by atoms with Gasteiger partial charge in [-0.05, 0) is 5.92 Å². The van der Waals surface area contributed by atoms with Crippen molar-refractivity contribution in [2.45, 2.75) is 13.8 Å². The zero-order chi connectivity index (χ0) is 7.65. The second-order valence-corrected chi connectivity index (χ2v) is 3.60. The molecule has 0 bridgehead atoms. The van der Waals surface area contributed by atoms with E-state index in [-0.39, 0.29) is 0 Å². The van der Waals surface area contributed by atoms with Crippen LogP contribution in [0.25, 0.3) is 0 Å². The van der Waals surface area contributed by atoms with Gasteiger partial charge in [0.2, 0.25) is 5.85 Å². The van der Waals surface area contributed by atoms with Gasteiger partial charge in [-0.2, -0.15) is 0 Å². The minimum Gasteiger partial charge on any atom is -0.374 e. The van der Waals surface area contributed by atoms with Gasteiger partial charge in [-0.1, -0.05) is 13.8 Å². The summed E-state index contributed by atoms with van der Waals surface area (Å²) in [6.07, 6.45) is 0. The van der Waals surface area contributed by atoms with E-state index in [0.29, 0.717) is 0 Å². The topological polar surface area (TPSA) is 77.8 Å². The molecule has 4 nitrogen and oxygen atoms in total. The zero-order valence-corrected chi connectivity index (χ0v) is 6.17. The lowest BCUT2D eigenvalue weighted by molar-refractivity contribution is 0.249. The van der Waals surface area contributed by atoms with Crippen molar-refractivity contribution in [3.8, 4) is 0 Å². The first kappa shape index (κ1) is 9.11. The molecule has 9 heavy (non-hydrogen) atoms. The summed E-state index contributed by atoms with van der Waals surface area (Å²) in [7, 11) is -4.34. The van der Waals surface area contributed by atoms with Gasteiger partial charge in [-0.15, -0.1) is 0 Å². The van der Waals surface area contributed by atoms with E-state index in [1.54, 1.807) is 0 Å². The third kappa shape index (κ3) is 2.96. The van der Waals surface area contributed by atoms with Crippen LogP contribution >= 0.6 is 7.60 Å². The molecule has 0 aliphatic carbocycles. The summed E-state index contributed by atoms with van der Waals surface area (Å²) in [6.45, 7) is 3.02. The molecule has 0 saturated carbocycles. The van der Waals surface area contributed by atoms with Crippen LogP contribution in [0.1, 0.15) is 13.8 Å². The summed E-state index contributed by atoms with van der Waals surface area (Å²) >= 11 is 0. The number of hydrogen-bond donors (Lipinski definition) is 3. The average Bonchev–Trinajstić information content (AvgIpc) is 1.62. The molecule has 0 atom stereocenters. The third-order valence-corrected chi connectivity index (χ3v) is 1.93. The molecule has 0 aromatic heterocycles. The largest absolute Gasteiger partial charge is 0.374 e. The molecule has 0 fully saturated rings. The molecule has 55 valence electrons. The second kappa shape index (κ2) is 2.80. The summed E-state index contributed by atoms with van der Waals surface area (Å²) in [5, 5.41) is 8.62. The molecule has 1 radical (unpaired) electrons. The lowest BCUT2D eigenvalue weighted by Gasteiger charge is -2.13. The van der Waals surface area contributed by atoms with Crippen LogP contribution in [0.5, 0.6) is 0 Å². The Morgan fingerprint density at radius 1 is 1.44 bits per heavy atom. The van der Waals surface area contributed by atoms with Gasteiger partial charge in [0.1, 0.15) is 0 Å². The smallest absolute Gasteiger partial charge is 0.360 e. The van der Waals surface area contributed by atoms with Gasteiger partial charge in [0, 0.05) is 0 Å². The fourth-order valence-corrected chi connectivity index (χ4v) is 1.01. The number of rotatable bonds is 2. The van der Waals surface area contributed by atoms with Gasteiger partial charge in [0.15, 0.2) is 0 Å². The van der Waals surface area contributed by atoms with E-state index >= 15 is 0 Å². The Morgan fingerprint density at radius 3 is 1.78 bits per heavy atom. The van der Waals surface area contributed by atoms with Crippen molar-refractivity contribution in [1.82, 2.24) is 0 Å². The third-order valence-electron chi connectivity index (χ3n) is 0.815. The Hall–Kier alpha value is 0.110. The summed E-state index contributed by atoms with van der Waals surface area (Å²) in [5.41, 5.74) is 0. The summed E-state index contributed by atoms with van der Waals surface area (Å²) in [6, 6.07) is 0.